The van der Waals surface area contributed by atoms with Gasteiger partial charge in [-0.25, -0.2) is 4.98 Å². The van der Waals surface area contributed by atoms with E-state index in [1.54, 1.807) is 43.6 Å². The monoisotopic (exact) mass is 516 g/mol. The minimum Gasteiger partial charge on any atom is -0.385 e. The molecular weight excluding hydrogens is 484 g/mol. The van der Waals surface area contributed by atoms with Crippen molar-refractivity contribution in [3.8, 4) is 0 Å². The number of rotatable bonds is 12. The van der Waals surface area contributed by atoms with E-state index in [1.165, 1.54) is 0 Å². The van der Waals surface area contributed by atoms with Crippen LogP contribution in [0.3, 0.4) is 0 Å². The summed E-state index contributed by atoms with van der Waals surface area (Å²) in [6.45, 7) is 2.80. The second kappa shape index (κ2) is 12.7. The number of benzene rings is 2. The Bertz CT molecular complexity index is 1260. The van der Waals surface area contributed by atoms with Gasteiger partial charge in [-0.2, -0.15) is 0 Å². The first-order chi connectivity index (χ1) is 18.4. The normalized spacial score (nSPS) is 12.9. The van der Waals surface area contributed by atoms with E-state index in [0.29, 0.717) is 55.2 Å². The van der Waals surface area contributed by atoms with Crippen LogP contribution in [0.15, 0.2) is 66.9 Å². The Kier molecular flexibility index (Phi) is 8.89. The summed E-state index contributed by atoms with van der Waals surface area (Å²) in [5.74, 6) is -0.239. The Morgan fingerprint density at radius 3 is 2.47 bits per heavy atom. The largest absolute Gasteiger partial charge is 0.385 e. The van der Waals surface area contributed by atoms with Crippen molar-refractivity contribution in [2.45, 2.75) is 19.0 Å². The second-order valence-electron chi connectivity index (χ2n) is 9.05. The van der Waals surface area contributed by atoms with E-state index in [4.69, 9.17) is 10.5 Å². The van der Waals surface area contributed by atoms with Crippen molar-refractivity contribution in [2.75, 3.05) is 43.6 Å². The molecular formula is C28H32N6O4. The summed E-state index contributed by atoms with van der Waals surface area (Å²) < 4.78 is 5.04. The van der Waals surface area contributed by atoms with E-state index in [9.17, 15) is 14.4 Å². The molecule has 0 atom stereocenters. The summed E-state index contributed by atoms with van der Waals surface area (Å²) in [4.78, 5) is 43.5. The number of pyridine rings is 1. The van der Waals surface area contributed by atoms with Crippen molar-refractivity contribution in [2.24, 2.45) is 5.73 Å². The number of methoxy groups -OCH3 is 1. The number of aromatic nitrogens is 1. The number of carbonyl (C=O) groups is 3. The van der Waals surface area contributed by atoms with Gasteiger partial charge in [0.25, 0.3) is 17.7 Å². The minimum atomic E-state index is -0.562. The number of primary amides is 1. The van der Waals surface area contributed by atoms with Gasteiger partial charge in [0.15, 0.2) is 0 Å². The lowest BCUT2D eigenvalue weighted by atomic mass is 10.1. The van der Waals surface area contributed by atoms with Crippen LogP contribution in [0.25, 0.3) is 0 Å². The van der Waals surface area contributed by atoms with Crippen LogP contribution >= 0.6 is 0 Å². The van der Waals surface area contributed by atoms with Crippen LogP contribution in [0, 0.1) is 0 Å². The lowest BCUT2D eigenvalue weighted by molar-refractivity contribution is 0.0925. The first-order valence-electron chi connectivity index (χ1n) is 12.4. The van der Waals surface area contributed by atoms with Crippen molar-refractivity contribution in [1.82, 2.24) is 15.6 Å². The van der Waals surface area contributed by atoms with Gasteiger partial charge in [0.1, 0.15) is 5.82 Å². The highest BCUT2D eigenvalue weighted by atomic mass is 16.5. The van der Waals surface area contributed by atoms with Crippen LogP contribution < -0.4 is 26.6 Å². The summed E-state index contributed by atoms with van der Waals surface area (Å²) in [6, 6.07) is 18.0. The topological polar surface area (TPSA) is 139 Å². The second-order valence-corrected chi connectivity index (χ2v) is 9.05. The van der Waals surface area contributed by atoms with E-state index in [1.807, 2.05) is 35.2 Å². The van der Waals surface area contributed by atoms with Gasteiger partial charge in [-0.3, -0.25) is 14.4 Å². The van der Waals surface area contributed by atoms with E-state index in [2.05, 4.69) is 20.9 Å². The molecule has 0 bridgehead atoms. The molecule has 5 N–H and O–H groups in total. The maximum atomic E-state index is 12.8. The first kappa shape index (κ1) is 26.6. The zero-order valence-corrected chi connectivity index (χ0v) is 21.3. The quantitative estimate of drug-likeness (QED) is 0.271. The van der Waals surface area contributed by atoms with Gasteiger partial charge in [-0.1, -0.05) is 30.3 Å². The summed E-state index contributed by atoms with van der Waals surface area (Å²) in [5, 5.41) is 9.06. The summed E-state index contributed by atoms with van der Waals surface area (Å²) in [5.41, 5.74) is 8.28. The third kappa shape index (κ3) is 6.86. The molecule has 1 fully saturated rings. The molecule has 0 spiro atoms. The molecule has 3 amide bonds. The number of ether oxygens (including phenoxy) is 1. The molecule has 1 saturated heterocycles. The van der Waals surface area contributed by atoms with Gasteiger partial charge >= 0.3 is 0 Å². The summed E-state index contributed by atoms with van der Waals surface area (Å²) >= 11 is 0. The summed E-state index contributed by atoms with van der Waals surface area (Å²) in [7, 11) is 1.62. The molecule has 1 aliphatic heterocycles. The predicted molar refractivity (Wildman–Crippen MR) is 145 cm³/mol. The van der Waals surface area contributed by atoms with Crippen LogP contribution in [0.2, 0.25) is 0 Å². The first-order valence-corrected chi connectivity index (χ1v) is 12.4. The molecule has 1 aromatic heterocycles. The zero-order chi connectivity index (χ0) is 26.9. The third-order valence-electron chi connectivity index (χ3n) is 6.23. The van der Waals surface area contributed by atoms with Crippen molar-refractivity contribution in [1.29, 1.82) is 0 Å². The minimum absolute atomic E-state index is 0.0490. The molecule has 0 saturated carbocycles. The fourth-order valence-corrected chi connectivity index (χ4v) is 4.10. The van der Waals surface area contributed by atoms with Crippen LogP contribution in [0.4, 0.5) is 11.5 Å². The Balaban J connectivity index is 1.27. The van der Waals surface area contributed by atoms with Gasteiger partial charge in [-0.15, -0.1) is 0 Å². The maximum Gasteiger partial charge on any atom is 0.253 e. The number of anilines is 2. The molecule has 2 heterocycles. The summed E-state index contributed by atoms with van der Waals surface area (Å²) in [6.07, 6.45) is 2.30. The SMILES string of the molecule is COCCCNc1cc(C(=O)NC2CN(c3ccc(C(=O)NCc4ccccc4)cn3)C2)ccc1C(N)=O. The van der Waals surface area contributed by atoms with Crippen LogP contribution in [0.5, 0.6) is 0 Å². The third-order valence-corrected chi connectivity index (χ3v) is 6.23. The molecule has 10 heteroatoms. The Labute approximate surface area is 221 Å². The number of carbonyl (C=O) groups excluding carboxylic acids is 3. The van der Waals surface area contributed by atoms with Gasteiger partial charge < -0.3 is 31.3 Å². The highest BCUT2D eigenvalue weighted by Crippen LogP contribution is 2.21. The number of nitrogens with one attached hydrogen (secondary N) is 3. The van der Waals surface area contributed by atoms with Gasteiger partial charge in [-0.05, 0) is 42.3 Å². The number of hydrogen-bond donors (Lipinski definition) is 4. The molecule has 10 nitrogen and oxygen atoms in total. The number of hydrogen-bond acceptors (Lipinski definition) is 7. The number of nitrogens with zero attached hydrogens (tertiary/aromatic N) is 2. The smallest absolute Gasteiger partial charge is 0.253 e. The van der Waals surface area contributed by atoms with E-state index in [0.717, 1.165) is 17.8 Å². The predicted octanol–water partition coefficient (Wildman–Crippen LogP) is 2.18. The van der Waals surface area contributed by atoms with Crippen LogP contribution in [0.1, 0.15) is 43.1 Å². The molecule has 2 aromatic carbocycles. The maximum absolute atomic E-state index is 12.8. The Morgan fingerprint density at radius 2 is 1.79 bits per heavy atom. The Morgan fingerprint density at radius 1 is 1.03 bits per heavy atom. The molecule has 0 aliphatic carbocycles. The van der Waals surface area contributed by atoms with Crippen LogP contribution in [-0.2, 0) is 11.3 Å². The van der Waals surface area contributed by atoms with Crippen molar-refractivity contribution < 1.29 is 19.1 Å². The lowest BCUT2D eigenvalue weighted by Crippen LogP contribution is -2.59. The van der Waals surface area contributed by atoms with E-state index >= 15 is 0 Å². The highest BCUT2D eigenvalue weighted by molar-refractivity contribution is 6.02. The number of amides is 3. The van der Waals surface area contributed by atoms with Crippen molar-refractivity contribution >= 4 is 29.2 Å². The standard InChI is InChI=1S/C28H32N6O4/c1-38-13-5-12-30-24-14-20(8-10-23(24)26(29)35)28(37)33-22-17-34(18-22)25-11-9-21(16-31-25)27(36)32-15-19-6-3-2-4-7-19/h2-4,6-11,14,16,22,30H,5,12-13,15,17-18H2,1H3,(H2,29,35)(H,32,36)(H,33,37). The molecule has 4 rings (SSSR count). The van der Waals surface area contributed by atoms with Crippen molar-refractivity contribution in [3.63, 3.8) is 0 Å². The molecule has 1 aliphatic rings. The van der Waals surface area contributed by atoms with E-state index < -0.39 is 5.91 Å². The van der Waals surface area contributed by atoms with Crippen LogP contribution in [-0.4, -0.2) is 62.1 Å². The molecule has 0 unspecified atom stereocenters. The fraction of sp³-hybridized carbons (Fsp3) is 0.286. The molecule has 38 heavy (non-hydrogen) atoms. The molecule has 3 aromatic rings. The number of nitrogens with two attached hydrogens (primary N) is 1. The fourth-order valence-electron chi connectivity index (χ4n) is 4.10. The van der Waals surface area contributed by atoms with Gasteiger partial charge in [0.2, 0.25) is 0 Å². The average molecular weight is 517 g/mol. The highest BCUT2D eigenvalue weighted by Gasteiger charge is 2.29. The van der Waals surface area contributed by atoms with Crippen molar-refractivity contribution in [3.05, 3.63) is 89.1 Å². The Hall–Kier alpha value is -4.44. The molecule has 198 valence electrons. The lowest BCUT2D eigenvalue weighted by Gasteiger charge is -2.40. The molecule has 0 radical (unpaired) electrons. The van der Waals surface area contributed by atoms with Gasteiger partial charge in [0.05, 0.1) is 17.2 Å². The van der Waals surface area contributed by atoms with Gasteiger partial charge in [0, 0.05) is 57.3 Å². The average Bonchev–Trinajstić information content (AvgIpc) is 2.92. The van der Waals surface area contributed by atoms with E-state index in [-0.39, 0.29) is 17.9 Å². The zero-order valence-electron chi connectivity index (χ0n) is 21.3.